The number of rotatable bonds is 10. The Kier molecular flexibility index (Phi) is 8.37. The predicted octanol–water partition coefficient (Wildman–Crippen LogP) is 1.11. The molecule has 6 heteroatoms. The highest BCUT2D eigenvalue weighted by atomic mass is 16.5. The molecule has 0 aliphatic rings. The van der Waals surface area contributed by atoms with E-state index in [2.05, 4.69) is 12.3 Å². The summed E-state index contributed by atoms with van der Waals surface area (Å²) < 4.78 is 16.1. The van der Waals surface area contributed by atoms with Crippen molar-refractivity contribution in [2.24, 2.45) is 5.84 Å². The smallest absolute Gasteiger partial charge is 0.265 e. The van der Waals surface area contributed by atoms with E-state index >= 15 is 0 Å². The van der Waals surface area contributed by atoms with Crippen molar-refractivity contribution in [3.8, 4) is 5.75 Å². The van der Waals surface area contributed by atoms with Gasteiger partial charge in [0.2, 0.25) is 0 Å². The summed E-state index contributed by atoms with van der Waals surface area (Å²) in [6.45, 7) is 4.87. The van der Waals surface area contributed by atoms with Crippen LogP contribution in [0.3, 0.4) is 0 Å². The van der Waals surface area contributed by atoms with E-state index in [1.54, 1.807) is 24.3 Å². The lowest BCUT2D eigenvalue weighted by Crippen LogP contribution is -2.29. The molecule has 0 unspecified atom stereocenters. The van der Waals surface area contributed by atoms with Gasteiger partial charge >= 0.3 is 0 Å². The second-order valence-electron chi connectivity index (χ2n) is 4.07. The first-order chi connectivity index (χ1) is 9.77. The average Bonchev–Trinajstić information content (AvgIpc) is 2.49. The lowest BCUT2D eigenvalue weighted by molar-refractivity contribution is 0.0366. The molecule has 0 aliphatic heterocycles. The first-order valence-electron chi connectivity index (χ1n) is 6.67. The number of nitrogen functional groups attached to an aromatic ring is 1. The molecule has 20 heavy (non-hydrogen) atoms. The fourth-order valence-corrected chi connectivity index (χ4v) is 1.50. The van der Waals surface area contributed by atoms with Crippen LogP contribution in [0.15, 0.2) is 24.3 Å². The number of carbonyl (C=O) groups excluding carboxylic acids is 1. The Hall–Kier alpha value is -1.63. The second kappa shape index (κ2) is 10.2. The molecule has 0 bridgehead atoms. The third-order valence-electron chi connectivity index (χ3n) is 2.44. The van der Waals surface area contributed by atoms with Crippen LogP contribution in [0, 0.1) is 0 Å². The summed E-state index contributed by atoms with van der Waals surface area (Å²) in [4.78, 5) is 11.3. The number of benzene rings is 1. The van der Waals surface area contributed by atoms with Crippen LogP contribution < -0.4 is 16.0 Å². The molecule has 3 N–H and O–H groups in total. The highest BCUT2D eigenvalue weighted by Crippen LogP contribution is 2.12. The van der Waals surface area contributed by atoms with E-state index < -0.39 is 0 Å². The highest BCUT2D eigenvalue weighted by Gasteiger charge is 2.04. The molecule has 1 aromatic carbocycles. The van der Waals surface area contributed by atoms with Crippen LogP contribution in [0.25, 0.3) is 0 Å². The number of nitrogens with one attached hydrogen (secondary N) is 1. The summed E-state index contributed by atoms with van der Waals surface area (Å²) in [5.41, 5.74) is 2.53. The summed E-state index contributed by atoms with van der Waals surface area (Å²) in [6, 6.07) is 6.81. The molecule has 6 nitrogen and oxygen atoms in total. The largest absolute Gasteiger partial charge is 0.491 e. The maximum atomic E-state index is 11.3. The van der Waals surface area contributed by atoms with Gasteiger partial charge in [0.15, 0.2) is 0 Å². The zero-order valence-electron chi connectivity index (χ0n) is 11.8. The molecule has 112 valence electrons. The first-order valence-corrected chi connectivity index (χ1v) is 6.67. The minimum absolute atomic E-state index is 0.347. The van der Waals surface area contributed by atoms with Gasteiger partial charge in [-0.1, -0.05) is 13.0 Å². The van der Waals surface area contributed by atoms with Crippen molar-refractivity contribution in [3.63, 3.8) is 0 Å². The predicted molar refractivity (Wildman–Crippen MR) is 75.5 cm³/mol. The first kappa shape index (κ1) is 16.4. The standard InChI is InChI=1S/C14H22N2O4/c1-2-6-18-7-8-19-9-10-20-13-5-3-4-12(11-13)14(17)16-15/h3-5,11H,2,6-10,15H2,1H3,(H,16,17). The average molecular weight is 282 g/mol. The topological polar surface area (TPSA) is 82.8 Å². The van der Waals surface area contributed by atoms with Crippen LogP contribution in [0.1, 0.15) is 23.7 Å². The van der Waals surface area contributed by atoms with E-state index in [1.807, 2.05) is 0 Å². The third-order valence-corrected chi connectivity index (χ3v) is 2.44. The van der Waals surface area contributed by atoms with E-state index in [9.17, 15) is 4.79 Å². The van der Waals surface area contributed by atoms with Crippen molar-refractivity contribution in [1.29, 1.82) is 0 Å². The molecule has 1 amide bonds. The maximum Gasteiger partial charge on any atom is 0.265 e. The van der Waals surface area contributed by atoms with Crippen molar-refractivity contribution in [2.75, 3.05) is 33.0 Å². The number of ether oxygens (including phenoxy) is 3. The number of nitrogens with two attached hydrogens (primary N) is 1. The molecule has 1 rings (SSSR count). The van der Waals surface area contributed by atoms with Gasteiger partial charge in [-0.25, -0.2) is 5.84 Å². The summed E-state index contributed by atoms with van der Waals surface area (Å²) in [5.74, 6) is 5.33. The Labute approximate surface area is 119 Å². The van der Waals surface area contributed by atoms with E-state index in [0.717, 1.165) is 13.0 Å². The summed E-state index contributed by atoms with van der Waals surface area (Å²) >= 11 is 0. The molecule has 0 fully saturated rings. The summed E-state index contributed by atoms with van der Waals surface area (Å²) in [6.07, 6.45) is 1.01. The van der Waals surface area contributed by atoms with Gasteiger partial charge < -0.3 is 14.2 Å². The zero-order valence-corrected chi connectivity index (χ0v) is 11.8. The number of hydrogen-bond donors (Lipinski definition) is 2. The minimum Gasteiger partial charge on any atom is -0.491 e. The number of carbonyl (C=O) groups is 1. The zero-order chi connectivity index (χ0) is 14.6. The van der Waals surface area contributed by atoms with Crippen LogP contribution in [-0.2, 0) is 9.47 Å². The lowest BCUT2D eigenvalue weighted by Gasteiger charge is -2.08. The second-order valence-corrected chi connectivity index (χ2v) is 4.07. The molecule has 0 atom stereocenters. The van der Waals surface area contributed by atoms with Crippen LogP contribution in [-0.4, -0.2) is 38.9 Å². The summed E-state index contributed by atoms with van der Waals surface area (Å²) in [5, 5.41) is 0. The Morgan fingerprint density at radius 2 is 1.85 bits per heavy atom. The molecular weight excluding hydrogens is 260 g/mol. The normalized spacial score (nSPS) is 10.3. The number of amides is 1. The van der Waals surface area contributed by atoms with Crippen molar-refractivity contribution in [1.82, 2.24) is 5.43 Å². The molecule has 0 heterocycles. The third kappa shape index (κ3) is 6.51. The SMILES string of the molecule is CCCOCCOCCOc1cccc(C(=O)NN)c1. The Morgan fingerprint density at radius 1 is 1.15 bits per heavy atom. The molecule has 1 aromatic rings. The minimum atomic E-state index is -0.347. The van der Waals surface area contributed by atoms with Gasteiger partial charge in [-0.15, -0.1) is 0 Å². The quantitative estimate of drug-likeness (QED) is 0.291. The molecule has 0 aromatic heterocycles. The molecule has 0 saturated heterocycles. The summed E-state index contributed by atoms with van der Waals surface area (Å²) in [7, 11) is 0. The lowest BCUT2D eigenvalue weighted by atomic mass is 10.2. The van der Waals surface area contributed by atoms with E-state index in [0.29, 0.717) is 37.7 Å². The van der Waals surface area contributed by atoms with Crippen molar-refractivity contribution in [2.45, 2.75) is 13.3 Å². The van der Waals surface area contributed by atoms with Crippen LogP contribution >= 0.6 is 0 Å². The Balaban J connectivity index is 2.17. The van der Waals surface area contributed by atoms with E-state index in [1.165, 1.54) is 0 Å². The highest BCUT2D eigenvalue weighted by molar-refractivity contribution is 5.94. The van der Waals surface area contributed by atoms with Gasteiger partial charge in [0, 0.05) is 12.2 Å². The fraction of sp³-hybridized carbons (Fsp3) is 0.500. The van der Waals surface area contributed by atoms with Gasteiger partial charge in [0.05, 0.1) is 19.8 Å². The monoisotopic (exact) mass is 282 g/mol. The van der Waals surface area contributed by atoms with E-state index in [4.69, 9.17) is 20.1 Å². The number of hydrogen-bond acceptors (Lipinski definition) is 5. The van der Waals surface area contributed by atoms with Gasteiger partial charge in [-0.05, 0) is 24.6 Å². The Morgan fingerprint density at radius 3 is 2.55 bits per heavy atom. The van der Waals surface area contributed by atoms with E-state index in [-0.39, 0.29) is 5.91 Å². The molecular formula is C14H22N2O4. The maximum absolute atomic E-state index is 11.3. The molecule has 0 aliphatic carbocycles. The molecule has 0 spiro atoms. The Bertz CT molecular complexity index is 399. The number of hydrazine groups is 1. The van der Waals surface area contributed by atoms with Crippen molar-refractivity contribution in [3.05, 3.63) is 29.8 Å². The van der Waals surface area contributed by atoms with Crippen LogP contribution in [0.5, 0.6) is 5.75 Å². The van der Waals surface area contributed by atoms with Gasteiger partial charge in [0.1, 0.15) is 12.4 Å². The van der Waals surface area contributed by atoms with Crippen LogP contribution in [0.2, 0.25) is 0 Å². The van der Waals surface area contributed by atoms with Crippen molar-refractivity contribution < 1.29 is 19.0 Å². The van der Waals surface area contributed by atoms with Crippen LogP contribution in [0.4, 0.5) is 0 Å². The molecule has 0 radical (unpaired) electrons. The van der Waals surface area contributed by atoms with Gasteiger partial charge in [0.25, 0.3) is 5.91 Å². The van der Waals surface area contributed by atoms with Crippen molar-refractivity contribution >= 4 is 5.91 Å². The van der Waals surface area contributed by atoms with Gasteiger partial charge in [-0.3, -0.25) is 10.2 Å². The fourth-order valence-electron chi connectivity index (χ4n) is 1.50. The molecule has 0 saturated carbocycles. The van der Waals surface area contributed by atoms with Gasteiger partial charge in [-0.2, -0.15) is 0 Å².